The Balaban J connectivity index is 2.64. The fourth-order valence-corrected chi connectivity index (χ4v) is 1.39. The van der Waals surface area contributed by atoms with Crippen LogP contribution in [-0.4, -0.2) is 22.9 Å². The molecule has 4 heteroatoms. The van der Waals surface area contributed by atoms with Gasteiger partial charge < -0.3 is 14.9 Å². The average molecular weight is 231 g/mol. The lowest BCUT2D eigenvalue weighted by Crippen LogP contribution is -2.08. The molecule has 15 heavy (non-hydrogen) atoms. The van der Waals surface area contributed by atoms with Crippen molar-refractivity contribution in [3.05, 3.63) is 28.8 Å². The fourth-order valence-electron chi connectivity index (χ4n) is 1.17. The van der Waals surface area contributed by atoms with Crippen LogP contribution in [-0.2, 0) is 6.61 Å². The molecule has 1 rings (SSSR count). The molecule has 0 aliphatic heterocycles. The third kappa shape index (κ3) is 3.70. The van der Waals surface area contributed by atoms with Crippen LogP contribution in [0.3, 0.4) is 0 Å². The minimum Gasteiger partial charge on any atom is -0.493 e. The zero-order chi connectivity index (χ0) is 11.3. The Labute approximate surface area is 94.3 Å². The van der Waals surface area contributed by atoms with Crippen molar-refractivity contribution in [2.45, 2.75) is 26.1 Å². The molecule has 0 saturated carbocycles. The summed E-state index contributed by atoms with van der Waals surface area (Å²) in [6.07, 6.45) is 0.166. The normalized spacial score (nSPS) is 12.5. The van der Waals surface area contributed by atoms with Crippen LogP contribution in [0.1, 0.15) is 18.9 Å². The molecule has 1 aromatic rings. The molecule has 0 fully saturated rings. The summed E-state index contributed by atoms with van der Waals surface area (Å²) < 4.78 is 5.42. The summed E-state index contributed by atoms with van der Waals surface area (Å²) in [5.41, 5.74) is 0.588. The van der Waals surface area contributed by atoms with Gasteiger partial charge >= 0.3 is 0 Å². The van der Waals surface area contributed by atoms with Gasteiger partial charge in [-0.3, -0.25) is 0 Å². The Bertz CT molecular complexity index is 313. The van der Waals surface area contributed by atoms with Crippen molar-refractivity contribution < 1.29 is 14.9 Å². The van der Waals surface area contributed by atoms with Crippen molar-refractivity contribution in [3.63, 3.8) is 0 Å². The van der Waals surface area contributed by atoms with Crippen LogP contribution in [0.5, 0.6) is 5.75 Å². The van der Waals surface area contributed by atoms with Crippen LogP contribution in [0.2, 0.25) is 5.02 Å². The van der Waals surface area contributed by atoms with Crippen LogP contribution >= 0.6 is 11.6 Å². The zero-order valence-corrected chi connectivity index (χ0v) is 9.37. The van der Waals surface area contributed by atoms with E-state index in [2.05, 4.69) is 0 Å². The first-order chi connectivity index (χ1) is 7.15. The first-order valence-corrected chi connectivity index (χ1v) is 5.22. The van der Waals surface area contributed by atoms with E-state index in [1.165, 1.54) is 0 Å². The molecule has 84 valence electrons. The van der Waals surface area contributed by atoms with Gasteiger partial charge in [-0.1, -0.05) is 17.7 Å². The van der Waals surface area contributed by atoms with Crippen molar-refractivity contribution in [2.75, 3.05) is 6.61 Å². The first kappa shape index (κ1) is 12.3. The van der Waals surface area contributed by atoms with Gasteiger partial charge in [-0.2, -0.15) is 0 Å². The molecule has 0 aliphatic rings. The van der Waals surface area contributed by atoms with E-state index in [9.17, 15) is 0 Å². The van der Waals surface area contributed by atoms with Gasteiger partial charge in [0.25, 0.3) is 0 Å². The van der Waals surface area contributed by atoms with E-state index in [4.69, 9.17) is 26.6 Å². The Kier molecular flexibility index (Phi) is 4.88. The number of aliphatic hydroxyl groups is 2. The molecule has 0 bridgehead atoms. The Morgan fingerprint density at radius 3 is 2.80 bits per heavy atom. The molecular weight excluding hydrogens is 216 g/mol. The summed E-state index contributed by atoms with van der Waals surface area (Å²) >= 11 is 5.88. The van der Waals surface area contributed by atoms with Gasteiger partial charge in [0.1, 0.15) is 5.75 Å². The van der Waals surface area contributed by atoms with Gasteiger partial charge in [-0.05, 0) is 19.1 Å². The van der Waals surface area contributed by atoms with Gasteiger partial charge in [0, 0.05) is 17.0 Å². The molecule has 1 atom stereocenters. The SMILES string of the molecule is CC(O)CCOc1cccc(Cl)c1CO. The number of ether oxygens (including phenoxy) is 1. The number of benzene rings is 1. The van der Waals surface area contributed by atoms with E-state index in [0.29, 0.717) is 29.4 Å². The number of halogens is 1. The second-order valence-corrected chi connectivity index (χ2v) is 3.77. The molecule has 0 saturated heterocycles. The maximum Gasteiger partial charge on any atom is 0.126 e. The summed E-state index contributed by atoms with van der Waals surface area (Å²) in [6.45, 7) is 1.96. The van der Waals surface area contributed by atoms with Crippen molar-refractivity contribution >= 4 is 11.6 Å². The van der Waals surface area contributed by atoms with Crippen molar-refractivity contribution in [2.24, 2.45) is 0 Å². The largest absolute Gasteiger partial charge is 0.493 e. The lowest BCUT2D eigenvalue weighted by molar-refractivity contribution is 0.154. The maximum atomic E-state index is 9.09. The van der Waals surface area contributed by atoms with E-state index >= 15 is 0 Å². The molecule has 0 aromatic heterocycles. The highest BCUT2D eigenvalue weighted by Crippen LogP contribution is 2.26. The van der Waals surface area contributed by atoms with Crippen LogP contribution < -0.4 is 4.74 Å². The van der Waals surface area contributed by atoms with E-state index in [-0.39, 0.29) is 12.7 Å². The monoisotopic (exact) mass is 230 g/mol. The summed E-state index contributed by atoms with van der Waals surface area (Å²) in [5, 5.41) is 18.6. The van der Waals surface area contributed by atoms with Crippen LogP contribution in [0, 0.1) is 0 Å². The number of hydrogen-bond acceptors (Lipinski definition) is 3. The lowest BCUT2D eigenvalue weighted by Gasteiger charge is -2.11. The number of aliphatic hydroxyl groups excluding tert-OH is 2. The zero-order valence-electron chi connectivity index (χ0n) is 8.61. The Hall–Kier alpha value is -0.770. The van der Waals surface area contributed by atoms with Crippen LogP contribution in [0.25, 0.3) is 0 Å². The predicted molar refractivity (Wildman–Crippen MR) is 59.2 cm³/mol. The topological polar surface area (TPSA) is 49.7 Å². The molecule has 1 aromatic carbocycles. The van der Waals surface area contributed by atoms with Gasteiger partial charge in [0.2, 0.25) is 0 Å². The van der Waals surface area contributed by atoms with E-state index < -0.39 is 0 Å². The third-order valence-corrected chi connectivity index (χ3v) is 2.38. The standard InChI is InChI=1S/C11H15ClO3/c1-8(14)5-6-15-11-4-2-3-10(12)9(11)7-13/h2-4,8,13-14H,5-7H2,1H3. The van der Waals surface area contributed by atoms with Crippen LogP contribution in [0.15, 0.2) is 18.2 Å². The predicted octanol–water partition coefficient (Wildman–Crippen LogP) is 1.98. The summed E-state index contributed by atoms with van der Waals surface area (Å²) in [7, 11) is 0. The van der Waals surface area contributed by atoms with Crippen LogP contribution in [0.4, 0.5) is 0 Å². The van der Waals surface area contributed by atoms with E-state index in [1.807, 2.05) is 0 Å². The molecule has 3 nitrogen and oxygen atoms in total. The highest BCUT2D eigenvalue weighted by molar-refractivity contribution is 6.31. The minimum absolute atomic E-state index is 0.149. The second-order valence-electron chi connectivity index (χ2n) is 3.36. The lowest BCUT2D eigenvalue weighted by atomic mass is 10.2. The van der Waals surface area contributed by atoms with Gasteiger partial charge in [-0.15, -0.1) is 0 Å². The molecule has 0 amide bonds. The highest BCUT2D eigenvalue weighted by atomic mass is 35.5. The fraction of sp³-hybridized carbons (Fsp3) is 0.455. The average Bonchev–Trinajstić information content (AvgIpc) is 2.17. The van der Waals surface area contributed by atoms with Crippen molar-refractivity contribution in [3.8, 4) is 5.75 Å². The molecule has 0 aliphatic carbocycles. The maximum absolute atomic E-state index is 9.09. The second kappa shape index (κ2) is 5.95. The molecule has 2 N–H and O–H groups in total. The molecular formula is C11H15ClO3. The van der Waals surface area contributed by atoms with Gasteiger partial charge in [-0.25, -0.2) is 0 Å². The first-order valence-electron chi connectivity index (χ1n) is 4.84. The summed E-state index contributed by atoms with van der Waals surface area (Å²) in [5.74, 6) is 0.575. The molecule has 1 unspecified atom stereocenters. The Morgan fingerprint density at radius 2 is 2.20 bits per heavy atom. The van der Waals surface area contributed by atoms with E-state index in [1.54, 1.807) is 25.1 Å². The van der Waals surface area contributed by atoms with E-state index in [0.717, 1.165) is 0 Å². The molecule has 0 heterocycles. The summed E-state index contributed by atoms with van der Waals surface area (Å²) in [6, 6.07) is 5.22. The summed E-state index contributed by atoms with van der Waals surface area (Å²) in [4.78, 5) is 0. The third-order valence-electron chi connectivity index (χ3n) is 2.03. The molecule has 0 spiro atoms. The smallest absolute Gasteiger partial charge is 0.126 e. The van der Waals surface area contributed by atoms with Gasteiger partial charge in [0.05, 0.1) is 19.3 Å². The highest BCUT2D eigenvalue weighted by Gasteiger charge is 2.07. The number of rotatable bonds is 5. The van der Waals surface area contributed by atoms with Crippen molar-refractivity contribution in [1.29, 1.82) is 0 Å². The van der Waals surface area contributed by atoms with Gasteiger partial charge in [0.15, 0.2) is 0 Å². The Morgan fingerprint density at radius 1 is 1.47 bits per heavy atom. The molecule has 0 radical (unpaired) electrons. The quantitative estimate of drug-likeness (QED) is 0.813. The number of hydrogen-bond donors (Lipinski definition) is 2. The van der Waals surface area contributed by atoms with Crippen molar-refractivity contribution in [1.82, 2.24) is 0 Å². The minimum atomic E-state index is -0.387.